The summed E-state index contributed by atoms with van der Waals surface area (Å²) in [6.07, 6.45) is 4.72. The molecule has 0 unspecified atom stereocenters. The summed E-state index contributed by atoms with van der Waals surface area (Å²) in [7, 11) is 1.53. The van der Waals surface area contributed by atoms with Crippen molar-refractivity contribution in [3.05, 3.63) is 42.7 Å². The molecule has 0 saturated carbocycles. The molecule has 1 saturated heterocycles. The Kier molecular flexibility index (Phi) is 5.65. The van der Waals surface area contributed by atoms with Crippen molar-refractivity contribution in [3.63, 3.8) is 0 Å². The van der Waals surface area contributed by atoms with Crippen molar-refractivity contribution in [1.29, 1.82) is 0 Å². The van der Waals surface area contributed by atoms with Gasteiger partial charge in [0.1, 0.15) is 5.60 Å². The third kappa shape index (κ3) is 4.09. The first-order chi connectivity index (χ1) is 12.6. The average Bonchev–Trinajstić information content (AvgIpc) is 3.22. The number of benzene rings is 1. The fourth-order valence-corrected chi connectivity index (χ4v) is 3.00. The Morgan fingerprint density at radius 2 is 2.00 bits per heavy atom. The third-order valence-corrected chi connectivity index (χ3v) is 4.55. The summed E-state index contributed by atoms with van der Waals surface area (Å²) in [5.41, 5.74) is 0.703. The van der Waals surface area contributed by atoms with Crippen LogP contribution in [0.4, 0.5) is 5.69 Å². The van der Waals surface area contributed by atoms with E-state index in [2.05, 4.69) is 21.0 Å². The van der Waals surface area contributed by atoms with E-state index >= 15 is 0 Å². The number of carbonyl (C=O) groups excluding carboxylic acids is 2. The van der Waals surface area contributed by atoms with E-state index < -0.39 is 5.60 Å². The van der Waals surface area contributed by atoms with Gasteiger partial charge in [-0.2, -0.15) is 5.10 Å². The highest BCUT2D eigenvalue weighted by molar-refractivity contribution is 5.96. The van der Waals surface area contributed by atoms with Crippen LogP contribution < -0.4 is 16.0 Å². The summed E-state index contributed by atoms with van der Waals surface area (Å²) in [6, 6.07) is 9.14. The molecule has 0 aliphatic carbocycles. The van der Waals surface area contributed by atoms with Gasteiger partial charge in [-0.25, -0.2) is 4.68 Å². The van der Waals surface area contributed by atoms with E-state index in [9.17, 15) is 9.59 Å². The lowest BCUT2D eigenvalue weighted by atomic mass is 9.91. The maximum absolute atomic E-state index is 12.4. The fourth-order valence-electron chi connectivity index (χ4n) is 3.00. The van der Waals surface area contributed by atoms with Gasteiger partial charge >= 0.3 is 0 Å². The zero-order chi connectivity index (χ0) is 18.4. The van der Waals surface area contributed by atoms with Crippen LogP contribution in [0.25, 0.3) is 5.69 Å². The van der Waals surface area contributed by atoms with Gasteiger partial charge in [0.15, 0.2) is 0 Å². The summed E-state index contributed by atoms with van der Waals surface area (Å²) in [4.78, 5) is 24.5. The van der Waals surface area contributed by atoms with Crippen LogP contribution in [0.15, 0.2) is 42.7 Å². The van der Waals surface area contributed by atoms with Crippen molar-refractivity contribution in [1.82, 2.24) is 20.4 Å². The normalized spacial score (nSPS) is 16.0. The van der Waals surface area contributed by atoms with Gasteiger partial charge in [0, 0.05) is 25.2 Å². The van der Waals surface area contributed by atoms with Gasteiger partial charge in [0.2, 0.25) is 5.91 Å². The highest BCUT2D eigenvalue weighted by Gasteiger charge is 2.39. The second-order valence-corrected chi connectivity index (χ2v) is 6.18. The van der Waals surface area contributed by atoms with Gasteiger partial charge in [0.05, 0.1) is 12.2 Å². The molecule has 2 aromatic rings. The summed E-state index contributed by atoms with van der Waals surface area (Å²) in [5, 5.41) is 12.8. The standard InChI is InChI=1S/C18H23N5O3/c1-26-18(7-10-19-11-8-18)17(25)20-13-16(24)22-14-3-5-15(6-4-14)23-12-2-9-21-23/h2-6,9,12,19H,7-8,10-11,13H2,1H3,(H,20,25)(H,22,24). The van der Waals surface area contributed by atoms with Crippen LogP contribution in [0.2, 0.25) is 0 Å². The Balaban J connectivity index is 1.51. The lowest BCUT2D eigenvalue weighted by molar-refractivity contribution is -0.147. The second kappa shape index (κ2) is 8.11. The number of hydrogen-bond donors (Lipinski definition) is 3. The number of piperidine rings is 1. The van der Waals surface area contributed by atoms with E-state index in [0.29, 0.717) is 18.5 Å². The SMILES string of the molecule is COC1(C(=O)NCC(=O)Nc2ccc(-n3cccn3)cc2)CCNCC1. The van der Waals surface area contributed by atoms with Gasteiger partial charge in [-0.3, -0.25) is 9.59 Å². The fraction of sp³-hybridized carbons (Fsp3) is 0.389. The van der Waals surface area contributed by atoms with Crippen LogP contribution in [-0.2, 0) is 14.3 Å². The molecule has 1 aliphatic rings. The van der Waals surface area contributed by atoms with E-state index in [1.807, 2.05) is 24.4 Å². The molecule has 8 nitrogen and oxygen atoms in total. The number of amides is 2. The molecule has 8 heteroatoms. The van der Waals surface area contributed by atoms with Gasteiger partial charge in [-0.15, -0.1) is 0 Å². The molecule has 0 radical (unpaired) electrons. The first-order valence-corrected chi connectivity index (χ1v) is 8.57. The van der Waals surface area contributed by atoms with Gasteiger partial charge in [0.25, 0.3) is 5.91 Å². The molecule has 0 spiro atoms. The molecule has 1 aromatic carbocycles. The number of anilines is 1. The lowest BCUT2D eigenvalue weighted by Gasteiger charge is -2.34. The van der Waals surface area contributed by atoms with Crippen LogP contribution >= 0.6 is 0 Å². The van der Waals surface area contributed by atoms with Crippen molar-refractivity contribution in [2.24, 2.45) is 0 Å². The minimum absolute atomic E-state index is 0.0989. The van der Waals surface area contributed by atoms with E-state index in [1.54, 1.807) is 23.0 Å². The molecule has 138 valence electrons. The summed E-state index contributed by atoms with van der Waals surface area (Å²) >= 11 is 0. The monoisotopic (exact) mass is 357 g/mol. The predicted molar refractivity (Wildman–Crippen MR) is 97.0 cm³/mol. The number of nitrogens with zero attached hydrogens (tertiary/aromatic N) is 2. The molecule has 1 fully saturated rings. The minimum atomic E-state index is -0.850. The highest BCUT2D eigenvalue weighted by Crippen LogP contribution is 2.22. The molecule has 0 atom stereocenters. The van der Waals surface area contributed by atoms with Gasteiger partial charge in [-0.05, 0) is 56.3 Å². The maximum Gasteiger partial charge on any atom is 0.252 e. The molecule has 1 aromatic heterocycles. The van der Waals surface area contributed by atoms with Crippen LogP contribution in [0.1, 0.15) is 12.8 Å². The predicted octanol–water partition coefficient (Wildman–Crippen LogP) is 0.696. The van der Waals surface area contributed by atoms with Crippen LogP contribution in [0, 0.1) is 0 Å². The molecule has 26 heavy (non-hydrogen) atoms. The number of nitrogens with one attached hydrogen (secondary N) is 3. The Bertz CT molecular complexity index is 737. The Labute approximate surface area is 151 Å². The van der Waals surface area contributed by atoms with E-state index in [1.165, 1.54) is 7.11 Å². The minimum Gasteiger partial charge on any atom is -0.368 e. The molecule has 2 amide bonds. The number of rotatable bonds is 6. The number of methoxy groups -OCH3 is 1. The Morgan fingerprint density at radius 1 is 1.27 bits per heavy atom. The van der Waals surface area contributed by atoms with Crippen molar-refractivity contribution >= 4 is 17.5 Å². The number of aromatic nitrogens is 2. The van der Waals surface area contributed by atoms with E-state index in [4.69, 9.17) is 4.74 Å². The molecule has 1 aliphatic heterocycles. The zero-order valence-electron chi connectivity index (χ0n) is 14.7. The first kappa shape index (κ1) is 18.1. The maximum atomic E-state index is 12.4. The van der Waals surface area contributed by atoms with E-state index in [-0.39, 0.29) is 18.4 Å². The average molecular weight is 357 g/mol. The lowest BCUT2D eigenvalue weighted by Crippen LogP contribution is -2.55. The first-order valence-electron chi connectivity index (χ1n) is 8.57. The number of carbonyl (C=O) groups is 2. The van der Waals surface area contributed by atoms with Crippen LogP contribution in [0.5, 0.6) is 0 Å². The Hall–Kier alpha value is -2.71. The van der Waals surface area contributed by atoms with Crippen molar-refractivity contribution in [3.8, 4) is 5.69 Å². The highest BCUT2D eigenvalue weighted by atomic mass is 16.5. The van der Waals surface area contributed by atoms with Crippen molar-refractivity contribution in [2.45, 2.75) is 18.4 Å². The summed E-state index contributed by atoms with van der Waals surface area (Å²) in [6.45, 7) is 1.34. The molecule has 2 heterocycles. The molecular weight excluding hydrogens is 334 g/mol. The van der Waals surface area contributed by atoms with Crippen molar-refractivity contribution in [2.75, 3.05) is 32.1 Å². The molecule has 3 N–H and O–H groups in total. The number of ether oxygens (including phenoxy) is 1. The summed E-state index contributed by atoms with van der Waals surface area (Å²) < 4.78 is 7.18. The number of hydrogen-bond acceptors (Lipinski definition) is 5. The zero-order valence-corrected chi connectivity index (χ0v) is 14.7. The quantitative estimate of drug-likeness (QED) is 0.707. The van der Waals surface area contributed by atoms with Gasteiger partial charge < -0.3 is 20.7 Å². The van der Waals surface area contributed by atoms with E-state index in [0.717, 1.165) is 18.8 Å². The summed E-state index contributed by atoms with van der Waals surface area (Å²) in [5.74, 6) is -0.531. The topological polar surface area (TPSA) is 97.3 Å². The van der Waals surface area contributed by atoms with Crippen LogP contribution in [0.3, 0.4) is 0 Å². The smallest absolute Gasteiger partial charge is 0.252 e. The molecular formula is C18H23N5O3. The van der Waals surface area contributed by atoms with Crippen LogP contribution in [-0.4, -0.2) is 53.9 Å². The van der Waals surface area contributed by atoms with Gasteiger partial charge in [-0.1, -0.05) is 0 Å². The molecule has 0 bridgehead atoms. The van der Waals surface area contributed by atoms with Crippen molar-refractivity contribution < 1.29 is 14.3 Å². The third-order valence-electron chi connectivity index (χ3n) is 4.55. The molecule has 3 rings (SSSR count). The second-order valence-electron chi connectivity index (χ2n) is 6.18. The Morgan fingerprint density at radius 3 is 2.62 bits per heavy atom. The largest absolute Gasteiger partial charge is 0.368 e.